The zero-order valence-corrected chi connectivity index (χ0v) is 20.5. The van der Waals surface area contributed by atoms with Crippen molar-refractivity contribution in [1.82, 2.24) is 29.3 Å². The van der Waals surface area contributed by atoms with Crippen LogP contribution >= 0.6 is 0 Å². The Hall–Kier alpha value is -3.74. The van der Waals surface area contributed by atoms with E-state index in [4.69, 9.17) is 14.6 Å². The van der Waals surface area contributed by atoms with Gasteiger partial charge in [0.25, 0.3) is 0 Å². The predicted molar refractivity (Wildman–Crippen MR) is 134 cm³/mol. The Morgan fingerprint density at radius 2 is 2.08 bits per heavy atom. The van der Waals surface area contributed by atoms with Crippen molar-refractivity contribution in [3.05, 3.63) is 66.0 Å². The molecule has 6 rings (SSSR count). The van der Waals surface area contributed by atoms with Gasteiger partial charge >= 0.3 is 0 Å². The molecule has 0 amide bonds. The average molecular weight is 484 g/mol. The van der Waals surface area contributed by atoms with Gasteiger partial charge in [-0.05, 0) is 51.4 Å². The van der Waals surface area contributed by atoms with Gasteiger partial charge in [0, 0.05) is 35.8 Å². The number of rotatable bonds is 6. The highest BCUT2D eigenvalue weighted by atomic mass is 16.5. The number of hydrogen-bond acceptors (Lipinski definition) is 7. The Morgan fingerprint density at radius 3 is 2.83 bits per heavy atom. The van der Waals surface area contributed by atoms with Crippen molar-refractivity contribution >= 4 is 5.52 Å². The van der Waals surface area contributed by atoms with Crippen molar-refractivity contribution in [2.75, 3.05) is 26.3 Å². The first-order chi connectivity index (χ1) is 17.6. The molecule has 0 N–H and O–H groups in total. The van der Waals surface area contributed by atoms with Crippen LogP contribution in [0, 0.1) is 18.3 Å². The molecule has 2 saturated heterocycles. The van der Waals surface area contributed by atoms with Gasteiger partial charge in [-0.15, -0.1) is 0 Å². The number of piperidine rings is 1. The van der Waals surface area contributed by atoms with Crippen molar-refractivity contribution in [3.8, 4) is 22.9 Å². The fraction of sp³-hybridized carbons (Fsp3) is 0.407. The van der Waals surface area contributed by atoms with E-state index in [1.165, 1.54) is 0 Å². The topological polar surface area (TPSA) is 93.5 Å². The zero-order valence-electron chi connectivity index (χ0n) is 20.5. The van der Waals surface area contributed by atoms with Gasteiger partial charge in [-0.1, -0.05) is 6.07 Å². The van der Waals surface area contributed by atoms with E-state index in [9.17, 15) is 5.26 Å². The zero-order chi connectivity index (χ0) is 24.6. The molecule has 6 heterocycles. The van der Waals surface area contributed by atoms with Crippen molar-refractivity contribution in [3.63, 3.8) is 0 Å². The van der Waals surface area contributed by atoms with E-state index in [0.717, 1.165) is 61.7 Å². The lowest BCUT2D eigenvalue weighted by Gasteiger charge is -2.42. The standard InChI is InChI=1S/C27H29N7O2/c1-18-24(13-31-34(18)22-6-5-9-32(15-22)23-16-35-17-23)20-10-26(27-21(11-28)12-30-33(27)14-20)36-19(2)25-7-3-4-8-29-25/h3-4,7-8,10,12-14,19,22-23H,5-6,9,15-17H2,1-2H3/t19-,22-/m1/s1. The third kappa shape index (κ3) is 4.02. The molecule has 4 aromatic rings. The summed E-state index contributed by atoms with van der Waals surface area (Å²) in [7, 11) is 0. The van der Waals surface area contributed by atoms with Crippen molar-refractivity contribution in [2.45, 2.75) is 44.9 Å². The van der Waals surface area contributed by atoms with E-state index in [1.54, 1.807) is 16.9 Å². The normalized spacial score (nSPS) is 19.6. The Morgan fingerprint density at radius 1 is 1.19 bits per heavy atom. The molecule has 0 aliphatic carbocycles. The number of likely N-dealkylation sites (tertiary alicyclic amines) is 1. The third-order valence-electron chi connectivity index (χ3n) is 7.37. The fourth-order valence-corrected chi connectivity index (χ4v) is 5.29. The Labute approximate surface area is 209 Å². The van der Waals surface area contributed by atoms with Crippen molar-refractivity contribution in [1.29, 1.82) is 5.26 Å². The van der Waals surface area contributed by atoms with Crippen LogP contribution in [0.2, 0.25) is 0 Å². The Balaban J connectivity index is 1.34. The van der Waals surface area contributed by atoms with Crippen molar-refractivity contribution in [2.24, 2.45) is 0 Å². The second kappa shape index (κ2) is 9.37. The molecule has 2 atom stereocenters. The average Bonchev–Trinajstić information content (AvgIpc) is 3.47. The molecule has 9 nitrogen and oxygen atoms in total. The highest BCUT2D eigenvalue weighted by Crippen LogP contribution is 2.35. The maximum absolute atomic E-state index is 9.66. The van der Waals surface area contributed by atoms with Crippen LogP contribution in [0.4, 0.5) is 0 Å². The monoisotopic (exact) mass is 483 g/mol. The molecule has 2 aliphatic heterocycles. The summed E-state index contributed by atoms with van der Waals surface area (Å²) in [4.78, 5) is 6.97. The van der Waals surface area contributed by atoms with Gasteiger partial charge < -0.3 is 9.47 Å². The Bertz CT molecular complexity index is 1420. The minimum atomic E-state index is -0.292. The molecule has 184 valence electrons. The van der Waals surface area contributed by atoms with Gasteiger partial charge in [-0.3, -0.25) is 14.6 Å². The minimum Gasteiger partial charge on any atom is -0.482 e. The summed E-state index contributed by atoms with van der Waals surface area (Å²) in [6, 6.07) is 10.9. The lowest BCUT2D eigenvalue weighted by molar-refractivity contribution is -0.0758. The molecule has 0 spiro atoms. The summed E-state index contributed by atoms with van der Waals surface area (Å²) in [6.07, 6.45) is 9.20. The van der Waals surface area contributed by atoms with Crippen LogP contribution in [0.25, 0.3) is 16.6 Å². The summed E-state index contributed by atoms with van der Waals surface area (Å²) >= 11 is 0. The van der Waals surface area contributed by atoms with Crippen LogP contribution in [0.1, 0.15) is 48.9 Å². The molecule has 2 aliphatic rings. The second-order valence-electron chi connectivity index (χ2n) is 9.64. The highest BCUT2D eigenvalue weighted by molar-refractivity contribution is 5.76. The first kappa shape index (κ1) is 22.7. The number of aromatic nitrogens is 5. The summed E-state index contributed by atoms with van der Waals surface area (Å²) in [5, 5.41) is 18.9. The van der Waals surface area contributed by atoms with Gasteiger partial charge in [0.2, 0.25) is 0 Å². The second-order valence-corrected chi connectivity index (χ2v) is 9.64. The number of pyridine rings is 2. The molecule has 0 unspecified atom stereocenters. The number of fused-ring (bicyclic) bond motifs is 1. The maximum atomic E-state index is 9.66. The predicted octanol–water partition coefficient (Wildman–Crippen LogP) is 3.95. The van der Waals surface area contributed by atoms with E-state index >= 15 is 0 Å². The summed E-state index contributed by atoms with van der Waals surface area (Å²) in [5.74, 6) is 0.598. The number of nitriles is 1. The van der Waals surface area contributed by atoms with Crippen LogP contribution in [0.3, 0.4) is 0 Å². The Kier molecular flexibility index (Phi) is 5.91. The molecule has 36 heavy (non-hydrogen) atoms. The molecule has 4 aromatic heterocycles. The minimum absolute atomic E-state index is 0.292. The molecular weight excluding hydrogens is 454 g/mol. The molecule has 0 aromatic carbocycles. The van der Waals surface area contributed by atoms with E-state index < -0.39 is 0 Å². The summed E-state index contributed by atoms with van der Waals surface area (Å²) < 4.78 is 15.7. The number of hydrogen-bond donors (Lipinski definition) is 0. The van der Waals surface area contributed by atoms with E-state index in [-0.39, 0.29) is 6.10 Å². The van der Waals surface area contributed by atoms with Crippen LogP contribution in [0.5, 0.6) is 5.75 Å². The number of nitrogens with zero attached hydrogens (tertiary/aromatic N) is 7. The smallest absolute Gasteiger partial charge is 0.148 e. The molecule has 0 radical (unpaired) electrons. The van der Waals surface area contributed by atoms with E-state index in [2.05, 4.69) is 32.7 Å². The van der Waals surface area contributed by atoms with Gasteiger partial charge in [-0.25, -0.2) is 4.52 Å². The fourth-order valence-electron chi connectivity index (χ4n) is 5.29. The first-order valence-corrected chi connectivity index (χ1v) is 12.5. The van der Waals surface area contributed by atoms with Gasteiger partial charge in [0.15, 0.2) is 0 Å². The van der Waals surface area contributed by atoms with Crippen LogP contribution in [-0.4, -0.2) is 61.6 Å². The SMILES string of the molecule is Cc1c(-c2cc(O[C@H](C)c3ccccn3)c3c(C#N)cnn3c2)cnn1[C@@H]1CCCN(C2COC2)C1. The summed E-state index contributed by atoms with van der Waals surface area (Å²) in [6.45, 7) is 7.88. The van der Waals surface area contributed by atoms with Crippen molar-refractivity contribution < 1.29 is 9.47 Å². The lowest BCUT2D eigenvalue weighted by atomic mass is 10.0. The van der Waals surface area contributed by atoms with Gasteiger partial charge in [0.1, 0.15) is 29.0 Å². The largest absolute Gasteiger partial charge is 0.482 e. The van der Waals surface area contributed by atoms with E-state index in [1.807, 2.05) is 43.6 Å². The van der Waals surface area contributed by atoms with Crippen LogP contribution in [0.15, 0.2) is 49.1 Å². The molecule has 2 fully saturated rings. The molecule has 9 heteroatoms. The van der Waals surface area contributed by atoms with E-state index in [0.29, 0.717) is 28.9 Å². The summed E-state index contributed by atoms with van der Waals surface area (Å²) in [5.41, 5.74) is 5.04. The quantitative estimate of drug-likeness (QED) is 0.410. The molecule has 0 bridgehead atoms. The third-order valence-corrected chi connectivity index (χ3v) is 7.37. The highest BCUT2D eigenvalue weighted by Gasteiger charge is 2.32. The maximum Gasteiger partial charge on any atom is 0.148 e. The molecule has 0 saturated carbocycles. The van der Waals surface area contributed by atoms with Gasteiger partial charge in [0.05, 0.1) is 43.4 Å². The first-order valence-electron chi connectivity index (χ1n) is 12.5. The number of ether oxygens (including phenoxy) is 2. The molecular formula is C27H29N7O2. The van der Waals surface area contributed by atoms with Crippen LogP contribution < -0.4 is 4.74 Å². The van der Waals surface area contributed by atoms with Crippen LogP contribution in [-0.2, 0) is 4.74 Å². The van der Waals surface area contributed by atoms with Gasteiger partial charge in [-0.2, -0.15) is 15.5 Å². The lowest BCUT2D eigenvalue weighted by Crippen LogP contribution is -2.52.